The summed E-state index contributed by atoms with van der Waals surface area (Å²) < 4.78 is 0. The summed E-state index contributed by atoms with van der Waals surface area (Å²) in [7, 11) is 1.75. The van der Waals surface area contributed by atoms with Gasteiger partial charge in [-0.05, 0) is 24.5 Å². The Labute approximate surface area is 125 Å². The Balaban J connectivity index is 2.34. The molecule has 0 spiro atoms. The number of rotatable bonds is 4. The maximum Gasteiger partial charge on any atom is 0.327 e. The molecule has 1 N–H and O–H groups in total. The molecule has 2 rings (SSSR count). The Bertz CT molecular complexity index is 540. The fourth-order valence-corrected chi connectivity index (χ4v) is 2.98. The molecule has 1 aromatic rings. The second-order valence-corrected chi connectivity index (χ2v) is 5.42. The zero-order valence-corrected chi connectivity index (χ0v) is 12.7. The number of nitrogens with zero attached hydrogens (tertiary/aromatic N) is 2. The van der Waals surface area contributed by atoms with E-state index in [9.17, 15) is 14.7 Å². The number of carboxylic acids is 1. The van der Waals surface area contributed by atoms with Crippen LogP contribution < -0.4 is 4.90 Å². The highest BCUT2D eigenvalue weighted by molar-refractivity contribution is 6.01. The summed E-state index contributed by atoms with van der Waals surface area (Å²) in [5.41, 5.74) is 1.63. The predicted molar refractivity (Wildman–Crippen MR) is 81.6 cm³/mol. The van der Waals surface area contributed by atoms with Crippen molar-refractivity contribution in [2.24, 2.45) is 0 Å². The molecule has 0 aliphatic carbocycles. The molecule has 1 heterocycles. The van der Waals surface area contributed by atoms with Gasteiger partial charge in [0.1, 0.15) is 6.04 Å². The van der Waals surface area contributed by atoms with Crippen molar-refractivity contribution in [1.82, 2.24) is 4.90 Å². The van der Waals surface area contributed by atoms with Gasteiger partial charge in [-0.1, -0.05) is 32.0 Å². The molecule has 1 aliphatic heterocycles. The number of para-hydroxylation sites is 1. The van der Waals surface area contributed by atoms with Gasteiger partial charge in [0.25, 0.3) is 0 Å². The number of urea groups is 1. The number of aliphatic carboxylic acids is 1. The van der Waals surface area contributed by atoms with Crippen LogP contribution in [0.4, 0.5) is 10.5 Å². The van der Waals surface area contributed by atoms with Crippen molar-refractivity contribution >= 4 is 17.7 Å². The standard InChI is InChI=1S/C16H22N2O3/c1-4-12(5-2)17(3)16(21)18-13-9-7-6-8-11(13)10-14(18)15(19)20/h6-9,12,14H,4-5,10H2,1-3H3,(H,19,20)/t14-/m0/s1. The summed E-state index contributed by atoms with van der Waals surface area (Å²) in [5, 5.41) is 9.43. The highest BCUT2D eigenvalue weighted by Crippen LogP contribution is 2.33. The van der Waals surface area contributed by atoms with Gasteiger partial charge in [-0.25, -0.2) is 9.59 Å². The Hall–Kier alpha value is -2.04. The fraction of sp³-hybridized carbons (Fsp3) is 0.500. The number of fused-ring (bicyclic) bond motifs is 1. The molecule has 0 fully saturated rings. The number of hydrogen-bond acceptors (Lipinski definition) is 2. The zero-order chi connectivity index (χ0) is 15.6. The topological polar surface area (TPSA) is 60.9 Å². The zero-order valence-electron chi connectivity index (χ0n) is 12.7. The van der Waals surface area contributed by atoms with Crippen LogP contribution in [0.25, 0.3) is 0 Å². The van der Waals surface area contributed by atoms with Crippen molar-refractivity contribution in [2.45, 2.75) is 45.2 Å². The molecule has 5 nitrogen and oxygen atoms in total. The molecule has 0 aromatic heterocycles. The van der Waals surface area contributed by atoms with E-state index in [4.69, 9.17) is 0 Å². The molecule has 1 aromatic carbocycles. The van der Waals surface area contributed by atoms with Gasteiger partial charge in [0.2, 0.25) is 0 Å². The minimum Gasteiger partial charge on any atom is -0.480 e. The molecule has 114 valence electrons. The van der Waals surface area contributed by atoms with Crippen LogP contribution in [0.2, 0.25) is 0 Å². The quantitative estimate of drug-likeness (QED) is 0.927. The Morgan fingerprint density at radius 1 is 1.33 bits per heavy atom. The summed E-state index contributed by atoms with van der Waals surface area (Å²) in [6, 6.07) is 6.48. The maximum atomic E-state index is 12.8. The van der Waals surface area contributed by atoms with Gasteiger partial charge in [-0.3, -0.25) is 4.90 Å². The van der Waals surface area contributed by atoms with Crippen molar-refractivity contribution in [2.75, 3.05) is 11.9 Å². The first-order chi connectivity index (χ1) is 10.0. The monoisotopic (exact) mass is 290 g/mol. The SMILES string of the molecule is CCC(CC)N(C)C(=O)N1c2ccccc2C[C@H]1C(=O)O. The number of hydrogen-bond donors (Lipinski definition) is 1. The summed E-state index contributed by atoms with van der Waals surface area (Å²) in [5.74, 6) is -0.961. The molecule has 0 radical (unpaired) electrons. The van der Waals surface area contributed by atoms with Gasteiger partial charge in [-0.2, -0.15) is 0 Å². The largest absolute Gasteiger partial charge is 0.480 e. The van der Waals surface area contributed by atoms with Crippen LogP contribution in [0, 0.1) is 0 Å². The average molecular weight is 290 g/mol. The summed E-state index contributed by atoms with van der Waals surface area (Å²) >= 11 is 0. The first-order valence-corrected chi connectivity index (χ1v) is 7.37. The molecule has 0 bridgehead atoms. The maximum absolute atomic E-state index is 12.8. The van der Waals surface area contributed by atoms with Gasteiger partial charge < -0.3 is 10.0 Å². The van der Waals surface area contributed by atoms with Crippen molar-refractivity contribution in [3.8, 4) is 0 Å². The number of carbonyl (C=O) groups is 2. The highest BCUT2D eigenvalue weighted by Gasteiger charge is 2.40. The third-order valence-corrected chi connectivity index (χ3v) is 4.26. The van der Waals surface area contributed by atoms with Crippen molar-refractivity contribution < 1.29 is 14.7 Å². The second kappa shape index (κ2) is 6.16. The number of anilines is 1. The smallest absolute Gasteiger partial charge is 0.327 e. The Kier molecular flexibility index (Phi) is 4.50. The second-order valence-electron chi connectivity index (χ2n) is 5.42. The summed E-state index contributed by atoms with van der Waals surface area (Å²) in [6.07, 6.45) is 2.08. The Morgan fingerprint density at radius 2 is 1.95 bits per heavy atom. The molecule has 0 saturated carbocycles. The predicted octanol–water partition coefficient (Wildman–Crippen LogP) is 2.74. The van der Waals surface area contributed by atoms with Crippen molar-refractivity contribution in [1.29, 1.82) is 0 Å². The molecule has 0 saturated heterocycles. The van der Waals surface area contributed by atoms with E-state index in [-0.39, 0.29) is 12.1 Å². The van der Waals surface area contributed by atoms with Gasteiger partial charge >= 0.3 is 12.0 Å². The summed E-state index contributed by atoms with van der Waals surface area (Å²) in [6.45, 7) is 4.06. The summed E-state index contributed by atoms with van der Waals surface area (Å²) in [4.78, 5) is 27.4. The lowest BCUT2D eigenvalue weighted by Gasteiger charge is -2.32. The van der Waals surface area contributed by atoms with E-state index in [1.807, 2.05) is 38.1 Å². The lowest BCUT2D eigenvalue weighted by molar-refractivity contribution is -0.138. The fourth-order valence-electron chi connectivity index (χ4n) is 2.98. The van der Waals surface area contributed by atoms with Crippen LogP contribution in [0.15, 0.2) is 24.3 Å². The van der Waals surface area contributed by atoms with E-state index in [0.717, 1.165) is 18.4 Å². The first kappa shape index (κ1) is 15.4. The molecule has 0 unspecified atom stereocenters. The van der Waals surface area contributed by atoms with Gasteiger partial charge in [0, 0.05) is 25.2 Å². The van der Waals surface area contributed by atoms with Gasteiger partial charge in [0.15, 0.2) is 0 Å². The minimum absolute atomic E-state index is 0.125. The lowest BCUT2D eigenvalue weighted by Crippen LogP contribution is -2.51. The average Bonchev–Trinajstić information content (AvgIpc) is 2.87. The van der Waals surface area contributed by atoms with E-state index in [0.29, 0.717) is 12.1 Å². The van der Waals surface area contributed by atoms with Gasteiger partial charge in [0.05, 0.1) is 0 Å². The van der Waals surface area contributed by atoms with Crippen molar-refractivity contribution in [3.63, 3.8) is 0 Å². The molecule has 5 heteroatoms. The molecular weight excluding hydrogens is 268 g/mol. The van der Waals surface area contributed by atoms with Crippen LogP contribution in [-0.2, 0) is 11.2 Å². The van der Waals surface area contributed by atoms with Crippen LogP contribution in [0.3, 0.4) is 0 Å². The van der Waals surface area contributed by atoms with Gasteiger partial charge in [-0.15, -0.1) is 0 Å². The van der Waals surface area contributed by atoms with E-state index in [2.05, 4.69) is 0 Å². The molecular formula is C16H22N2O3. The molecule has 1 atom stereocenters. The van der Waals surface area contributed by atoms with E-state index in [1.54, 1.807) is 11.9 Å². The first-order valence-electron chi connectivity index (χ1n) is 7.37. The van der Waals surface area contributed by atoms with E-state index in [1.165, 1.54) is 4.90 Å². The highest BCUT2D eigenvalue weighted by atomic mass is 16.4. The van der Waals surface area contributed by atoms with Crippen LogP contribution in [-0.4, -0.2) is 41.1 Å². The van der Waals surface area contributed by atoms with Crippen molar-refractivity contribution in [3.05, 3.63) is 29.8 Å². The molecule has 21 heavy (non-hydrogen) atoms. The van der Waals surface area contributed by atoms with Crippen LogP contribution >= 0.6 is 0 Å². The number of carbonyl (C=O) groups excluding carboxylic acids is 1. The number of carboxylic acid groups (broad SMARTS) is 1. The van der Waals surface area contributed by atoms with E-state index < -0.39 is 12.0 Å². The molecule has 2 amide bonds. The number of amides is 2. The third kappa shape index (κ3) is 2.73. The third-order valence-electron chi connectivity index (χ3n) is 4.26. The van der Waals surface area contributed by atoms with E-state index >= 15 is 0 Å². The minimum atomic E-state index is -0.961. The number of benzene rings is 1. The normalized spacial score (nSPS) is 17.0. The van der Waals surface area contributed by atoms with Crippen LogP contribution in [0.5, 0.6) is 0 Å². The molecule has 1 aliphatic rings. The van der Waals surface area contributed by atoms with Crippen LogP contribution in [0.1, 0.15) is 32.3 Å². The lowest BCUT2D eigenvalue weighted by atomic mass is 10.1. The Morgan fingerprint density at radius 3 is 2.52 bits per heavy atom.